The van der Waals surface area contributed by atoms with Crippen LogP contribution in [0.2, 0.25) is 77.6 Å². The molecule has 0 saturated heterocycles. The molecule has 1 atom stereocenters. The van der Waals surface area contributed by atoms with Crippen LogP contribution in [0.15, 0.2) is 12.3 Å². The Bertz CT molecular complexity index is 485. The lowest BCUT2D eigenvalue weighted by Crippen LogP contribution is -2.58. The fraction of sp³-hybridized carbons (Fsp3) is 0.867. The van der Waals surface area contributed by atoms with Gasteiger partial charge < -0.3 is 16.5 Å². The fourth-order valence-corrected chi connectivity index (χ4v) is 28.2. The summed E-state index contributed by atoms with van der Waals surface area (Å²) in [6.07, 6.45) is 0.974. The summed E-state index contributed by atoms with van der Waals surface area (Å²) in [6.45, 7) is 25.4. The average molecular weight is 523 g/mol. The van der Waals surface area contributed by atoms with Crippen molar-refractivity contribution in [2.24, 2.45) is 0 Å². The molecule has 4 nitrogen and oxygen atoms in total. The molecule has 0 fully saturated rings. The minimum absolute atomic E-state index is 0.869. The van der Waals surface area contributed by atoms with Crippen LogP contribution in [0.1, 0.15) is 6.42 Å². The lowest BCUT2D eigenvalue weighted by atomic mass is 10.6. The van der Waals surface area contributed by atoms with Crippen LogP contribution in [0.25, 0.3) is 0 Å². The van der Waals surface area contributed by atoms with Gasteiger partial charge in [-0.3, -0.25) is 0 Å². The highest BCUT2D eigenvalue weighted by molar-refractivity contribution is 7.33. The van der Waals surface area contributed by atoms with Crippen molar-refractivity contribution in [2.45, 2.75) is 84.0 Å². The van der Waals surface area contributed by atoms with E-state index in [9.17, 15) is 0 Å². The molecule has 27 heavy (non-hydrogen) atoms. The second-order valence-corrected chi connectivity index (χ2v) is 33.3. The first-order valence-corrected chi connectivity index (χ1v) is 27.7. The van der Waals surface area contributed by atoms with Crippen molar-refractivity contribution >= 4 is 71.9 Å². The van der Waals surface area contributed by atoms with Crippen molar-refractivity contribution in [1.82, 2.24) is 0 Å². The Kier molecular flexibility index (Phi) is 11.2. The number of rotatable bonds is 13. The van der Waals surface area contributed by atoms with Gasteiger partial charge in [0.05, 0.1) is 0 Å². The SMILES string of the molecule is C=C[Si](C)(CCC[Si](Cl)Cl)O[Si](C)(C)O[Si](C)(C)O[Si](C)(C)O[Si](C)(C)C. The molecule has 0 N–H and O–H groups in total. The molecule has 0 aliphatic rings. The highest BCUT2D eigenvalue weighted by Crippen LogP contribution is 2.28. The maximum Gasteiger partial charge on any atom is 0.314 e. The predicted octanol–water partition coefficient (Wildman–Crippen LogP) is 6.65. The first-order chi connectivity index (χ1) is 11.8. The lowest BCUT2D eigenvalue weighted by Gasteiger charge is -2.42. The van der Waals surface area contributed by atoms with Crippen LogP contribution < -0.4 is 0 Å². The molecule has 161 valence electrons. The Morgan fingerprint density at radius 2 is 1.15 bits per heavy atom. The average Bonchev–Trinajstić information content (AvgIpc) is 2.30. The van der Waals surface area contributed by atoms with Gasteiger partial charge in [-0.05, 0) is 77.6 Å². The molecule has 0 aromatic rings. The summed E-state index contributed by atoms with van der Waals surface area (Å²) in [4.78, 5) is 0. The van der Waals surface area contributed by atoms with Crippen LogP contribution in [-0.2, 0) is 16.5 Å². The van der Waals surface area contributed by atoms with E-state index in [2.05, 4.69) is 72.0 Å². The lowest BCUT2D eigenvalue weighted by molar-refractivity contribution is 0.299. The Morgan fingerprint density at radius 1 is 0.741 bits per heavy atom. The Hall–Kier alpha value is 1.46. The van der Waals surface area contributed by atoms with E-state index in [1.54, 1.807) is 0 Å². The van der Waals surface area contributed by atoms with Crippen molar-refractivity contribution in [2.75, 3.05) is 0 Å². The molecule has 0 rings (SSSR count). The molecule has 0 aliphatic heterocycles. The first kappa shape index (κ1) is 28.5. The highest BCUT2D eigenvalue weighted by atomic mass is 35.7. The Morgan fingerprint density at radius 3 is 1.52 bits per heavy atom. The molecule has 0 aromatic heterocycles. The Labute approximate surface area is 183 Å². The van der Waals surface area contributed by atoms with Gasteiger partial charge in [0.25, 0.3) is 7.42 Å². The van der Waals surface area contributed by atoms with Crippen LogP contribution in [0.3, 0.4) is 0 Å². The standard InChI is InChI=1S/C15H39Cl2O4Si6/c1-12-27(11,15-13-14-22(16)17)21-26(9,10)20-25(7,8)19-24(5,6)18-23(2,3)4/h12H,1,13-15H2,2-11H3. The highest BCUT2D eigenvalue weighted by Gasteiger charge is 2.45. The zero-order valence-corrected chi connectivity index (χ0v) is 26.3. The van der Waals surface area contributed by atoms with Crippen LogP contribution in [-0.4, -0.2) is 49.7 Å². The van der Waals surface area contributed by atoms with Crippen LogP contribution in [0.5, 0.6) is 0 Å². The summed E-state index contributed by atoms with van der Waals surface area (Å²) in [7, 11) is -12.0. The van der Waals surface area contributed by atoms with Crippen LogP contribution in [0.4, 0.5) is 0 Å². The maximum absolute atomic E-state index is 6.61. The summed E-state index contributed by atoms with van der Waals surface area (Å²) < 4.78 is 26.0. The van der Waals surface area contributed by atoms with E-state index in [0.717, 1.165) is 18.5 Å². The Balaban J connectivity index is 5.01. The van der Waals surface area contributed by atoms with Gasteiger partial charge in [-0.25, -0.2) is 0 Å². The summed E-state index contributed by atoms with van der Waals surface area (Å²) >= 11 is 11.9. The van der Waals surface area contributed by atoms with E-state index in [0.29, 0.717) is 0 Å². The summed E-state index contributed by atoms with van der Waals surface area (Å²) in [5.41, 5.74) is 2.00. The molecule has 0 saturated carbocycles. The molecular weight excluding hydrogens is 484 g/mol. The van der Waals surface area contributed by atoms with Crippen LogP contribution in [0, 0.1) is 0 Å². The van der Waals surface area contributed by atoms with Gasteiger partial charge in [0.1, 0.15) is 0 Å². The molecule has 0 aromatic carbocycles. The van der Waals surface area contributed by atoms with Crippen molar-refractivity contribution in [3.63, 3.8) is 0 Å². The van der Waals surface area contributed by atoms with E-state index in [1.165, 1.54) is 0 Å². The van der Waals surface area contributed by atoms with Gasteiger partial charge in [-0.15, -0.1) is 28.7 Å². The van der Waals surface area contributed by atoms with Crippen molar-refractivity contribution < 1.29 is 16.5 Å². The van der Waals surface area contributed by atoms with Gasteiger partial charge in [0.2, 0.25) is 8.32 Å². The normalized spacial score (nSPS) is 16.5. The van der Waals surface area contributed by atoms with Gasteiger partial charge in [-0.1, -0.05) is 12.1 Å². The number of halogens is 2. The van der Waals surface area contributed by atoms with Crippen molar-refractivity contribution in [3.05, 3.63) is 12.3 Å². The van der Waals surface area contributed by atoms with Gasteiger partial charge in [0.15, 0.2) is 8.32 Å². The summed E-state index contributed by atoms with van der Waals surface area (Å²) in [5, 5.41) is 0. The third kappa shape index (κ3) is 14.2. The van der Waals surface area contributed by atoms with E-state index >= 15 is 0 Å². The van der Waals surface area contributed by atoms with Crippen molar-refractivity contribution in [3.8, 4) is 0 Å². The van der Waals surface area contributed by atoms with E-state index in [4.69, 9.17) is 38.6 Å². The zero-order valence-electron chi connectivity index (χ0n) is 18.8. The molecule has 0 aliphatic carbocycles. The topological polar surface area (TPSA) is 36.9 Å². The quantitative estimate of drug-likeness (QED) is 0.200. The maximum atomic E-state index is 6.61. The molecular formula is C15H39Cl2O4Si6. The fourth-order valence-electron chi connectivity index (χ4n) is 3.31. The zero-order chi connectivity index (χ0) is 21.7. The third-order valence-electron chi connectivity index (χ3n) is 3.48. The summed E-state index contributed by atoms with van der Waals surface area (Å²) in [5.74, 6) is 0. The van der Waals surface area contributed by atoms with Gasteiger partial charge in [0, 0.05) is 0 Å². The summed E-state index contributed by atoms with van der Waals surface area (Å²) in [6, 6.07) is 1.83. The van der Waals surface area contributed by atoms with Gasteiger partial charge in [-0.2, -0.15) is 0 Å². The van der Waals surface area contributed by atoms with E-state index in [1.807, 2.05) is 5.70 Å². The van der Waals surface area contributed by atoms with Crippen molar-refractivity contribution in [1.29, 1.82) is 0 Å². The molecule has 0 spiro atoms. The largest absolute Gasteiger partial charge is 0.437 e. The molecule has 12 heteroatoms. The minimum atomic E-state index is -2.39. The molecule has 1 unspecified atom stereocenters. The molecule has 0 heterocycles. The smallest absolute Gasteiger partial charge is 0.314 e. The molecule has 1 radical (unpaired) electrons. The monoisotopic (exact) mass is 521 g/mol. The van der Waals surface area contributed by atoms with Gasteiger partial charge >= 0.3 is 25.7 Å². The van der Waals surface area contributed by atoms with Crippen LogP contribution >= 0.6 is 22.2 Å². The molecule has 0 amide bonds. The second-order valence-electron chi connectivity index (χ2n) is 9.43. The second kappa shape index (κ2) is 10.7. The molecule has 0 bridgehead atoms. The first-order valence-electron chi connectivity index (χ1n) is 9.41. The van der Waals surface area contributed by atoms with E-state index < -0.39 is 49.7 Å². The number of hydrogen-bond acceptors (Lipinski definition) is 4. The number of hydrogen-bond donors (Lipinski definition) is 0. The minimum Gasteiger partial charge on any atom is -0.437 e. The van der Waals surface area contributed by atoms with E-state index in [-0.39, 0.29) is 0 Å². The third-order valence-corrected chi connectivity index (χ3v) is 23.7. The predicted molar refractivity (Wildman–Crippen MR) is 134 cm³/mol.